The summed E-state index contributed by atoms with van der Waals surface area (Å²) < 4.78 is 5.54. The number of carboxylic acid groups (broad SMARTS) is 1. The van der Waals surface area contributed by atoms with Crippen molar-refractivity contribution in [2.24, 2.45) is 5.73 Å². The Morgan fingerprint density at radius 1 is 1.08 bits per heavy atom. The number of carboxylic acids is 1. The van der Waals surface area contributed by atoms with E-state index in [2.05, 4.69) is 21.4 Å². The molecule has 4 unspecified atom stereocenters. The maximum absolute atomic E-state index is 12.6. The minimum Gasteiger partial charge on any atom is -0.481 e. The van der Waals surface area contributed by atoms with Crippen LogP contribution >= 0.6 is 0 Å². The molecule has 1 aliphatic heterocycles. The van der Waals surface area contributed by atoms with Crippen molar-refractivity contribution in [1.29, 1.82) is 0 Å². The Kier molecular flexibility index (Phi) is 12.6. The highest BCUT2D eigenvalue weighted by Gasteiger charge is 2.43. The summed E-state index contributed by atoms with van der Waals surface area (Å²) in [6, 6.07) is -2.49. The van der Waals surface area contributed by atoms with Crippen LogP contribution in [0.5, 0.6) is 0 Å². The van der Waals surface area contributed by atoms with Crippen LogP contribution in [0.1, 0.15) is 26.7 Å². The molecule has 36 heavy (non-hydrogen) atoms. The Morgan fingerprint density at radius 3 is 2.25 bits per heavy atom. The second-order valence-corrected chi connectivity index (χ2v) is 8.00. The molecule has 0 aromatic heterocycles. The van der Waals surface area contributed by atoms with Gasteiger partial charge < -0.3 is 52.0 Å². The van der Waals surface area contributed by atoms with Gasteiger partial charge in [-0.2, -0.15) is 5.48 Å². The third kappa shape index (κ3) is 9.26. The molecule has 8 atom stereocenters. The molecule has 206 valence electrons. The highest BCUT2D eigenvalue weighted by Crippen LogP contribution is 2.17. The molecule has 17 nitrogen and oxygen atoms in total. The number of nitrogens with two attached hydrogens (primary N) is 1. The van der Waals surface area contributed by atoms with Gasteiger partial charge in [0.2, 0.25) is 17.7 Å². The molecular weight excluding hydrogens is 490 g/mol. The predicted molar refractivity (Wildman–Crippen MR) is 116 cm³/mol. The van der Waals surface area contributed by atoms with Gasteiger partial charge in [-0.3, -0.25) is 28.8 Å². The Labute approximate surface area is 205 Å². The average Bonchev–Trinajstić information content (AvgIpc) is 2.82. The second kappa shape index (κ2) is 14.6. The first-order chi connectivity index (χ1) is 16.8. The van der Waals surface area contributed by atoms with Crippen LogP contribution in [0.25, 0.3) is 0 Å². The minimum atomic E-state index is -1.79. The fourth-order valence-electron chi connectivity index (χ4n) is 3.00. The van der Waals surface area contributed by atoms with Crippen molar-refractivity contribution in [3.05, 3.63) is 0 Å². The minimum absolute atomic E-state index is 0.255. The quantitative estimate of drug-likeness (QED) is 0.102. The van der Waals surface area contributed by atoms with E-state index < -0.39 is 98.0 Å². The normalized spacial score (nSPS) is 25.1. The molecule has 0 aromatic rings. The molecule has 0 aliphatic carbocycles. The molecular formula is C19H33N5O12. The highest BCUT2D eigenvalue weighted by molar-refractivity contribution is 5.92. The van der Waals surface area contributed by atoms with Gasteiger partial charge in [0, 0.05) is 6.42 Å². The lowest BCUT2D eigenvalue weighted by Crippen LogP contribution is -2.67. The summed E-state index contributed by atoms with van der Waals surface area (Å²) in [5, 5.41) is 53.7. The molecule has 0 bridgehead atoms. The van der Waals surface area contributed by atoms with E-state index in [9.17, 15) is 39.3 Å². The number of rotatable bonds is 14. The van der Waals surface area contributed by atoms with E-state index in [1.54, 1.807) is 0 Å². The van der Waals surface area contributed by atoms with E-state index in [0.29, 0.717) is 0 Å². The number of aliphatic carboxylic acids is 1. The first-order valence-corrected chi connectivity index (χ1v) is 10.9. The van der Waals surface area contributed by atoms with E-state index in [1.807, 2.05) is 0 Å². The number of ether oxygens (including phenoxy) is 1. The molecule has 0 saturated carbocycles. The van der Waals surface area contributed by atoms with Gasteiger partial charge in [-0.25, -0.2) is 0 Å². The van der Waals surface area contributed by atoms with Crippen LogP contribution < -0.4 is 27.2 Å². The van der Waals surface area contributed by atoms with Crippen LogP contribution in [0.15, 0.2) is 0 Å². The maximum Gasteiger partial charge on any atom is 0.303 e. The van der Waals surface area contributed by atoms with Crippen molar-refractivity contribution in [2.75, 3.05) is 13.2 Å². The third-order valence-electron chi connectivity index (χ3n) is 5.14. The smallest absolute Gasteiger partial charge is 0.303 e. The SMILES string of the molecule is C[C@H](NC(=O)[C@@H](C)OC1C(NC(=O)[C@H](O)CO)NOC(CO)C1O)C(=O)N[C@H](CCC(=O)O)C(N)=O. The summed E-state index contributed by atoms with van der Waals surface area (Å²) in [5.74, 6) is -4.88. The van der Waals surface area contributed by atoms with Crippen molar-refractivity contribution < 1.29 is 59.1 Å². The molecule has 1 saturated heterocycles. The fraction of sp³-hybridized carbons (Fsp3) is 0.737. The largest absolute Gasteiger partial charge is 0.481 e. The molecule has 17 heteroatoms. The van der Waals surface area contributed by atoms with Crippen LogP contribution in [0.2, 0.25) is 0 Å². The van der Waals surface area contributed by atoms with Gasteiger partial charge in [-0.15, -0.1) is 0 Å². The van der Waals surface area contributed by atoms with Crippen LogP contribution in [0.3, 0.4) is 0 Å². The van der Waals surface area contributed by atoms with Crippen LogP contribution in [0, 0.1) is 0 Å². The molecule has 4 amide bonds. The fourth-order valence-corrected chi connectivity index (χ4v) is 3.00. The Bertz CT molecular complexity index is 799. The Balaban J connectivity index is 2.81. The van der Waals surface area contributed by atoms with Gasteiger partial charge in [0.25, 0.3) is 5.91 Å². The average molecular weight is 523 g/mol. The summed E-state index contributed by atoms with van der Waals surface area (Å²) in [4.78, 5) is 64.0. The number of carbonyl (C=O) groups excluding carboxylic acids is 4. The lowest BCUT2D eigenvalue weighted by Gasteiger charge is -2.41. The van der Waals surface area contributed by atoms with Gasteiger partial charge in [0.05, 0.1) is 13.2 Å². The van der Waals surface area contributed by atoms with E-state index in [4.69, 9.17) is 25.5 Å². The molecule has 0 aromatic carbocycles. The van der Waals surface area contributed by atoms with Crippen molar-refractivity contribution in [2.45, 2.75) is 75.5 Å². The molecule has 0 spiro atoms. The molecule has 1 heterocycles. The summed E-state index contributed by atoms with van der Waals surface area (Å²) in [5.41, 5.74) is 7.48. The predicted octanol–water partition coefficient (Wildman–Crippen LogP) is -5.85. The van der Waals surface area contributed by atoms with Gasteiger partial charge in [-0.1, -0.05) is 0 Å². The number of hydroxylamine groups is 1. The maximum atomic E-state index is 12.6. The van der Waals surface area contributed by atoms with E-state index in [1.165, 1.54) is 13.8 Å². The molecule has 1 rings (SSSR count). The number of hydrogen-bond acceptors (Lipinski definition) is 12. The molecule has 0 radical (unpaired) electrons. The number of amides is 4. The number of primary amides is 1. The Hall–Kier alpha value is -2.93. The lowest BCUT2D eigenvalue weighted by molar-refractivity contribution is -0.228. The van der Waals surface area contributed by atoms with Crippen molar-refractivity contribution >= 4 is 29.6 Å². The standard InChI is InChI=1S/C19H33N5O12/c1-7(17(32)22-9(15(20)31)3-4-12(28)29)21-18(33)8(2)35-14-13(30)11(6-26)36-24-16(14)23-19(34)10(27)5-25/h7-11,13-14,16,24-27,30H,3-6H2,1-2H3,(H2,20,31)(H,21,33)(H,22,32)(H,23,34)(H,28,29)/t7-,8+,9+,10+,11?,13?,14?,16?/m0/s1. The van der Waals surface area contributed by atoms with E-state index >= 15 is 0 Å². The topological polar surface area (TPSA) is 279 Å². The summed E-state index contributed by atoms with van der Waals surface area (Å²) in [6.07, 6.45) is -9.31. The zero-order valence-electron chi connectivity index (χ0n) is 19.6. The van der Waals surface area contributed by atoms with Crippen LogP contribution in [0.4, 0.5) is 0 Å². The summed E-state index contributed by atoms with van der Waals surface area (Å²) in [6.45, 7) is 0.991. The zero-order chi connectivity index (χ0) is 27.6. The monoisotopic (exact) mass is 523 g/mol. The molecule has 1 fully saturated rings. The zero-order valence-corrected chi connectivity index (χ0v) is 19.6. The summed E-state index contributed by atoms with van der Waals surface area (Å²) in [7, 11) is 0. The van der Waals surface area contributed by atoms with E-state index in [-0.39, 0.29) is 6.42 Å². The van der Waals surface area contributed by atoms with Crippen LogP contribution in [-0.2, 0) is 33.5 Å². The Morgan fingerprint density at radius 2 is 1.72 bits per heavy atom. The number of aliphatic hydroxyl groups excluding tert-OH is 4. The molecule has 11 N–H and O–H groups in total. The highest BCUT2D eigenvalue weighted by atomic mass is 16.7. The number of nitrogens with one attached hydrogen (secondary N) is 4. The van der Waals surface area contributed by atoms with Crippen LogP contribution in [-0.4, -0.2) is 117 Å². The van der Waals surface area contributed by atoms with Gasteiger partial charge in [0.15, 0.2) is 6.10 Å². The first kappa shape index (κ1) is 31.1. The van der Waals surface area contributed by atoms with Gasteiger partial charge in [0.1, 0.15) is 42.7 Å². The third-order valence-corrected chi connectivity index (χ3v) is 5.14. The van der Waals surface area contributed by atoms with Crippen molar-refractivity contribution in [3.8, 4) is 0 Å². The number of hydrogen-bond donors (Lipinski definition) is 10. The lowest BCUT2D eigenvalue weighted by atomic mass is 10.0. The number of aliphatic hydroxyl groups is 4. The van der Waals surface area contributed by atoms with Crippen molar-refractivity contribution in [3.63, 3.8) is 0 Å². The first-order valence-electron chi connectivity index (χ1n) is 10.9. The van der Waals surface area contributed by atoms with Gasteiger partial charge >= 0.3 is 5.97 Å². The number of carbonyl (C=O) groups is 5. The van der Waals surface area contributed by atoms with E-state index in [0.717, 1.165) is 0 Å². The van der Waals surface area contributed by atoms with Gasteiger partial charge in [-0.05, 0) is 20.3 Å². The summed E-state index contributed by atoms with van der Waals surface area (Å²) >= 11 is 0. The van der Waals surface area contributed by atoms with Crippen molar-refractivity contribution in [1.82, 2.24) is 21.4 Å². The second-order valence-electron chi connectivity index (χ2n) is 8.00. The molecule has 1 aliphatic rings.